The van der Waals surface area contributed by atoms with Gasteiger partial charge in [-0.1, -0.05) is 30.3 Å². The van der Waals surface area contributed by atoms with Crippen LogP contribution in [-0.4, -0.2) is 13.1 Å². The van der Waals surface area contributed by atoms with Crippen molar-refractivity contribution < 1.29 is 13.9 Å². The second kappa shape index (κ2) is 6.19. The zero-order valence-electron chi connectivity index (χ0n) is 11.4. The number of carbonyl (C=O) groups excluding carboxylic acids is 1. The fourth-order valence-electron chi connectivity index (χ4n) is 1.99. The Hall–Kier alpha value is -2.36. The summed E-state index contributed by atoms with van der Waals surface area (Å²) in [7, 11) is 1.29. The van der Waals surface area contributed by atoms with Crippen molar-refractivity contribution >= 4 is 11.7 Å². The first-order valence-electron chi connectivity index (χ1n) is 6.27. The summed E-state index contributed by atoms with van der Waals surface area (Å²) in [4.78, 5) is 11.9. The van der Waals surface area contributed by atoms with Crippen LogP contribution in [0.25, 0.3) is 0 Å². The topological polar surface area (TPSA) is 38.3 Å². The predicted octanol–water partition coefficient (Wildman–Crippen LogP) is 3.46. The van der Waals surface area contributed by atoms with E-state index in [1.54, 1.807) is 18.2 Å². The number of hydrogen-bond donors (Lipinski definition) is 1. The summed E-state index contributed by atoms with van der Waals surface area (Å²) in [5.74, 6) is -0.973. The first kappa shape index (κ1) is 14.1. The van der Waals surface area contributed by atoms with E-state index in [0.717, 1.165) is 11.3 Å². The lowest BCUT2D eigenvalue weighted by Crippen LogP contribution is -2.23. The van der Waals surface area contributed by atoms with Crippen LogP contribution in [0.5, 0.6) is 0 Å². The molecule has 4 heteroatoms. The van der Waals surface area contributed by atoms with Gasteiger partial charge in [-0.15, -0.1) is 0 Å². The Balaban J connectivity index is 2.34. The van der Waals surface area contributed by atoms with Gasteiger partial charge in [-0.3, -0.25) is 0 Å². The van der Waals surface area contributed by atoms with E-state index < -0.39 is 17.8 Å². The van der Waals surface area contributed by atoms with Crippen molar-refractivity contribution in [3.8, 4) is 0 Å². The summed E-state index contributed by atoms with van der Waals surface area (Å²) in [6.45, 7) is 1.95. The van der Waals surface area contributed by atoms with Crippen molar-refractivity contribution in [2.45, 2.75) is 13.0 Å². The molecule has 104 valence electrons. The number of ether oxygens (including phenoxy) is 1. The van der Waals surface area contributed by atoms with Crippen molar-refractivity contribution in [2.75, 3.05) is 12.4 Å². The van der Waals surface area contributed by atoms with Gasteiger partial charge in [-0.05, 0) is 30.7 Å². The minimum Gasteiger partial charge on any atom is -0.467 e. The number of nitrogens with one attached hydrogen (secondary N) is 1. The maximum Gasteiger partial charge on any atom is 0.333 e. The lowest BCUT2D eigenvalue weighted by Gasteiger charge is -2.18. The third-order valence-electron chi connectivity index (χ3n) is 2.98. The molecule has 0 aromatic heterocycles. The number of anilines is 1. The van der Waals surface area contributed by atoms with Gasteiger partial charge in [0.2, 0.25) is 0 Å². The SMILES string of the molecule is COC(=O)C(Nc1cccc(C)c1)c1ccccc1F. The molecule has 0 heterocycles. The normalized spacial score (nSPS) is 11.8. The van der Waals surface area contributed by atoms with E-state index in [0.29, 0.717) is 0 Å². The molecular formula is C16H16FNO2. The van der Waals surface area contributed by atoms with Gasteiger partial charge in [0.15, 0.2) is 6.04 Å². The largest absolute Gasteiger partial charge is 0.467 e. The average molecular weight is 273 g/mol. The molecular weight excluding hydrogens is 257 g/mol. The maximum absolute atomic E-state index is 13.9. The van der Waals surface area contributed by atoms with Crippen LogP contribution in [0.4, 0.5) is 10.1 Å². The highest BCUT2D eigenvalue weighted by molar-refractivity contribution is 5.81. The van der Waals surface area contributed by atoms with Gasteiger partial charge >= 0.3 is 5.97 Å². The molecule has 0 aliphatic rings. The molecule has 0 amide bonds. The van der Waals surface area contributed by atoms with Gasteiger partial charge in [-0.25, -0.2) is 9.18 Å². The third-order valence-corrected chi connectivity index (χ3v) is 2.98. The Labute approximate surface area is 117 Å². The van der Waals surface area contributed by atoms with Gasteiger partial charge in [0.1, 0.15) is 5.82 Å². The van der Waals surface area contributed by atoms with E-state index in [9.17, 15) is 9.18 Å². The molecule has 1 atom stereocenters. The highest BCUT2D eigenvalue weighted by Gasteiger charge is 2.24. The summed E-state index contributed by atoms with van der Waals surface area (Å²) < 4.78 is 18.6. The Morgan fingerprint density at radius 2 is 1.95 bits per heavy atom. The molecule has 1 unspecified atom stereocenters. The van der Waals surface area contributed by atoms with E-state index in [-0.39, 0.29) is 5.56 Å². The Morgan fingerprint density at radius 1 is 1.20 bits per heavy atom. The maximum atomic E-state index is 13.9. The second-order valence-corrected chi connectivity index (χ2v) is 4.49. The van der Waals surface area contributed by atoms with Crippen molar-refractivity contribution in [1.82, 2.24) is 0 Å². The van der Waals surface area contributed by atoms with Crippen molar-refractivity contribution in [2.24, 2.45) is 0 Å². The number of hydrogen-bond acceptors (Lipinski definition) is 3. The van der Waals surface area contributed by atoms with Crippen LogP contribution >= 0.6 is 0 Å². The fraction of sp³-hybridized carbons (Fsp3) is 0.188. The van der Waals surface area contributed by atoms with Gasteiger partial charge in [-0.2, -0.15) is 0 Å². The van der Waals surface area contributed by atoms with Gasteiger partial charge < -0.3 is 10.1 Å². The summed E-state index contributed by atoms with van der Waals surface area (Å²) in [5, 5.41) is 3.01. The quantitative estimate of drug-likeness (QED) is 0.867. The molecule has 0 saturated carbocycles. The average Bonchev–Trinajstić information content (AvgIpc) is 2.45. The third kappa shape index (κ3) is 3.15. The molecule has 0 aliphatic carbocycles. The molecule has 2 aromatic rings. The van der Waals surface area contributed by atoms with E-state index >= 15 is 0 Å². The first-order valence-corrected chi connectivity index (χ1v) is 6.27. The highest BCUT2D eigenvalue weighted by Crippen LogP contribution is 2.23. The number of esters is 1. The zero-order valence-corrected chi connectivity index (χ0v) is 11.4. The molecule has 0 bridgehead atoms. The summed E-state index contributed by atoms with van der Waals surface area (Å²) in [6.07, 6.45) is 0. The van der Waals surface area contributed by atoms with Crippen LogP contribution in [0.2, 0.25) is 0 Å². The molecule has 0 aliphatic heterocycles. The summed E-state index contributed by atoms with van der Waals surface area (Å²) in [5.41, 5.74) is 2.05. The van der Waals surface area contributed by atoms with Crippen LogP contribution in [-0.2, 0) is 9.53 Å². The van der Waals surface area contributed by atoms with Crippen LogP contribution in [0, 0.1) is 12.7 Å². The number of rotatable bonds is 4. The Bertz CT molecular complexity index is 613. The molecule has 2 aromatic carbocycles. The molecule has 3 nitrogen and oxygen atoms in total. The molecule has 20 heavy (non-hydrogen) atoms. The second-order valence-electron chi connectivity index (χ2n) is 4.49. The van der Waals surface area contributed by atoms with Crippen molar-refractivity contribution in [3.63, 3.8) is 0 Å². The Morgan fingerprint density at radius 3 is 2.60 bits per heavy atom. The minimum absolute atomic E-state index is 0.265. The van der Waals surface area contributed by atoms with E-state index in [1.165, 1.54) is 13.2 Å². The number of benzene rings is 2. The van der Waals surface area contributed by atoms with Gasteiger partial charge in [0, 0.05) is 11.3 Å². The number of halogens is 1. The molecule has 1 N–H and O–H groups in total. The van der Waals surface area contributed by atoms with Crippen molar-refractivity contribution in [3.05, 3.63) is 65.5 Å². The Kier molecular flexibility index (Phi) is 4.35. The number of methoxy groups -OCH3 is 1. The van der Waals surface area contributed by atoms with E-state index in [4.69, 9.17) is 4.74 Å². The fourth-order valence-corrected chi connectivity index (χ4v) is 1.99. The molecule has 0 fully saturated rings. The highest BCUT2D eigenvalue weighted by atomic mass is 19.1. The molecule has 2 rings (SSSR count). The number of carbonyl (C=O) groups is 1. The summed E-state index contributed by atoms with van der Waals surface area (Å²) >= 11 is 0. The summed E-state index contributed by atoms with van der Waals surface area (Å²) in [6, 6.07) is 12.8. The van der Waals surface area contributed by atoms with Crippen molar-refractivity contribution in [1.29, 1.82) is 0 Å². The standard InChI is InChI=1S/C16H16FNO2/c1-11-6-5-7-12(10-11)18-15(16(19)20-2)13-8-3-4-9-14(13)17/h3-10,15,18H,1-2H3. The monoisotopic (exact) mass is 273 g/mol. The molecule has 0 spiro atoms. The number of aryl methyl sites for hydroxylation is 1. The van der Waals surface area contributed by atoms with Crippen LogP contribution in [0.3, 0.4) is 0 Å². The molecule has 0 radical (unpaired) electrons. The first-order chi connectivity index (χ1) is 9.61. The smallest absolute Gasteiger partial charge is 0.333 e. The lowest BCUT2D eigenvalue weighted by atomic mass is 10.1. The van der Waals surface area contributed by atoms with Gasteiger partial charge in [0.25, 0.3) is 0 Å². The van der Waals surface area contributed by atoms with E-state index in [1.807, 2.05) is 31.2 Å². The van der Waals surface area contributed by atoms with Crippen LogP contribution in [0.15, 0.2) is 48.5 Å². The minimum atomic E-state index is -0.872. The van der Waals surface area contributed by atoms with Gasteiger partial charge in [0.05, 0.1) is 7.11 Å². The predicted molar refractivity (Wildman–Crippen MR) is 76.0 cm³/mol. The molecule has 0 saturated heterocycles. The van der Waals surface area contributed by atoms with Crippen LogP contribution in [0.1, 0.15) is 17.2 Å². The lowest BCUT2D eigenvalue weighted by molar-refractivity contribution is -0.141. The zero-order chi connectivity index (χ0) is 14.5. The van der Waals surface area contributed by atoms with Crippen LogP contribution < -0.4 is 5.32 Å². The van der Waals surface area contributed by atoms with E-state index in [2.05, 4.69) is 5.32 Å².